The predicted octanol–water partition coefficient (Wildman–Crippen LogP) is 2.78. The Morgan fingerprint density at radius 1 is 1.50 bits per heavy atom. The molecule has 0 amide bonds. The Kier molecular flexibility index (Phi) is 4.65. The molecule has 0 atom stereocenters. The van der Waals surface area contributed by atoms with Crippen molar-refractivity contribution in [1.29, 1.82) is 0 Å². The Bertz CT molecular complexity index is 307. The van der Waals surface area contributed by atoms with Gasteiger partial charge in [-0.1, -0.05) is 25.4 Å². The number of ether oxygens (including phenoxy) is 1. The molecule has 14 heavy (non-hydrogen) atoms. The first kappa shape index (κ1) is 11.8. The van der Waals surface area contributed by atoms with Crippen LogP contribution in [-0.2, 0) is 11.3 Å². The zero-order valence-corrected chi connectivity index (χ0v) is 10.0. The van der Waals surface area contributed by atoms with E-state index in [1.54, 1.807) is 24.9 Å². The monoisotopic (exact) mass is 232 g/mol. The van der Waals surface area contributed by atoms with Crippen LogP contribution in [0.1, 0.15) is 19.7 Å². The molecule has 1 aromatic heterocycles. The van der Waals surface area contributed by atoms with Crippen molar-refractivity contribution in [3.05, 3.63) is 17.0 Å². The molecule has 0 aromatic carbocycles. The van der Waals surface area contributed by atoms with E-state index in [1.165, 1.54) is 0 Å². The average Bonchev–Trinajstić information content (AvgIpc) is 2.01. The van der Waals surface area contributed by atoms with E-state index in [2.05, 4.69) is 23.8 Å². The van der Waals surface area contributed by atoms with Gasteiger partial charge >= 0.3 is 0 Å². The Morgan fingerprint density at radius 2 is 2.21 bits per heavy atom. The second-order valence-electron chi connectivity index (χ2n) is 3.04. The lowest BCUT2D eigenvalue weighted by Crippen LogP contribution is -1.99. The molecule has 0 radical (unpaired) electrons. The molecule has 5 heteroatoms. The summed E-state index contributed by atoms with van der Waals surface area (Å²) in [5.74, 6) is 0.628. The van der Waals surface area contributed by atoms with Gasteiger partial charge in [-0.05, 0) is 0 Å². The van der Waals surface area contributed by atoms with Crippen LogP contribution in [0.2, 0.25) is 5.15 Å². The van der Waals surface area contributed by atoms with Gasteiger partial charge in [-0.3, -0.25) is 0 Å². The number of methoxy groups -OCH3 is 1. The van der Waals surface area contributed by atoms with Crippen molar-refractivity contribution >= 4 is 23.4 Å². The van der Waals surface area contributed by atoms with Crippen LogP contribution in [0, 0.1) is 0 Å². The molecule has 0 spiro atoms. The highest BCUT2D eigenvalue weighted by molar-refractivity contribution is 7.99. The van der Waals surface area contributed by atoms with Gasteiger partial charge in [-0.2, -0.15) is 0 Å². The van der Waals surface area contributed by atoms with Crippen molar-refractivity contribution in [3.63, 3.8) is 0 Å². The van der Waals surface area contributed by atoms with Crippen LogP contribution >= 0.6 is 23.4 Å². The number of hydrogen-bond donors (Lipinski definition) is 0. The third-order valence-corrected chi connectivity index (χ3v) is 2.46. The van der Waals surface area contributed by atoms with Gasteiger partial charge in [0.15, 0.2) is 5.82 Å². The van der Waals surface area contributed by atoms with Gasteiger partial charge in [0.05, 0.1) is 0 Å². The number of aromatic nitrogens is 2. The standard InChI is InChI=1S/C9H13ClN2OS/c1-6(2)14-9-4-7(10)11-8(12-9)5-13-3/h4,6H,5H2,1-3H3. The summed E-state index contributed by atoms with van der Waals surface area (Å²) in [4.78, 5) is 8.35. The molecule has 0 aliphatic carbocycles. The second-order valence-corrected chi connectivity index (χ2v) is 5.03. The lowest BCUT2D eigenvalue weighted by Gasteiger charge is -2.06. The summed E-state index contributed by atoms with van der Waals surface area (Å²) in [5.41, 5.74) is 0. The largest absolute Gasteiger partial charge is 0.377 e. The maximum absolute atomic E-state index is 5.85. The maximum Gasteiger partial charge on any atom is 0.156 e. The fourth-order valence-electron chi connectivity index (χ4n) is 0.937. The van der Waals surface area contributed by atoms with Gasteiger partial charge in [0, 0.05) is 18.4 Å². The number of hydrogen-bond acceptors (Lipinski definition) is 4. The molecule has 3 nitrogen and oxygen atoms in total. The first-order valence-electron chi connectivity index (χ1n) is 4.31. The Labute approximate surface area is 93.2 Å². The summed E-state index contributed by atoms with van der Waals surface area (Å²) in [5, 5.41) is 1.85. The average molecular weight is 233 g/mol. The molecule has 0 aliphatic rings. The van der Waals surface area contributed by atoms with Crippen LogP contribution in [0.3, 0.4) is 0 Å². The highest BCUT2D eigenvalue weighted by Crippen LogP contribution is 2.22. The van der Waals surface area contributed by atoms with E-state index in [0.717, 1.165) is 5.03 Å². The fraction of sp³-hybridized carbons (Fsp3) is 0.556. The Balaban J connectivity index is 2.83. The van der Waals surface area contributed by atoms with E-state index in [9.17, 15) is 0 Å². The molecule has 78 valence electrons. The first-order chi connectivity index (χ1) is 6.61. The van der Waals surface area contributed by atoms with Gasteiger partial charge in [-0.25, -0.2) is 9.97 Å². The lowest BCUT2D eigenvalue weighted by molar-refractivity contribution is 0.177. The zero-order valence-electron chi connectivity index (χ0n) is 8.45. The molecule has 0 bridgehead atoms. The van der Waals surface area contributed by atoms with Crippen LogP contribution in [0.25, 0.3) is 0 Å². The van der Waals surface area contributed by atoms with Crippen molar-refractivity contribution in [2.24, 2.45) is 0 Å². The molecule has 0 aliphatic heterocycles. The Morgan fingerprint density at radius 3 is 2.79 bits per heavy atom. The molecular formula is C9H13ClN2OS. The quantitative estimate of drug-likeness (QED) is 0.591. The van der Waals surface area contributed by atoms with E-state index in [0.29, 0.717) is 22.8 Å². The van der Waals surface area contributed by atoms with Gasteiger partial charge in [0.2, 0.25) is 0 Å². The summed E-state index contributed by atoms with van der Waals surface area (Å²) in [7, 11) is 1.61. The lowest BCUT2D eigenvalue weighted by atomic mass is 10.6. The van der Waals surface area contributed by atoms with Crippen molar-refractivity contribution in [1.82, 2.24) is 9.97 Å². The SMILES string of the molecule is COCc1nc(Cl)cc(SC(C)C)n1. The topological polar surface area (TPSA) is 35.0 Å². The van der Waals surface area contributed by atoms with Gasteiger partial charge < -0.3 is 4.74 Å². The maximum atomic E-state index is 5.85. The van der Waals surface area contributed by atoms with E-state index in [1.807, 2.05) is 0 Å². The molecule has 1 rings (SSSR count). The van der Waals surface area contributed by atoms with Crippen molar-refractivity contribution in [3.8, 4) is 0 Å². The van der Waals surface area contributed by atoms with Crippen molar-refractivity contribution in [2.75, 3.05) is 7.11 Å². The number of thioether (sulfide) groups is 1. The van der Waals surface area contributed by atoms with Crippen molar-refractivity contribution < 1.29 is 4.74 Å². The van der Waals surface area contributed by atoms with Crippen LogP contribution < -0.4 is 0 Å². The molecule has 0 saturated carbocycles. The predicted molar refractivity (Wildman–Crippen MR) is 58.7 cm³/mol. The highest BCUT2D eigenvalue weighted by atomic mass is 35.5. The summed E-state index contributed by atoms with van der Waals surface area (Å²) >= 11 is 7.51. The van der Waals surface area contributed by atoms with Gasteiger partial charge in [0.25, 0.3) is 0 Å². The third kappa shape index (κ3) is 3.82. The number of rotatable bonds is 4. The van der Waals surface area contributed by atoms with Gasteiger partial charge in [-0.15, -0.1) is 11.8 Å². The molecule has 0 saturated heterocycles. The summed E-state index contributed by atoms with van der Waals surface area (Å²) in [6, 6.07) is 1.77. The minimum absolute atomic E-state index is 0.395. The minimum atomic E-state index is 0.395. The highest BCUT2D eigenvalue weighted by Gasteiger charge is 2.05. The number of nitrogens with zero attached hydrogens (tertiary/aromatic N) is 2. The number of halogens is 1. The summed E-state index contributed by atoms with van der Waals surface area (Å²) < 4.78 is 4.95. The molecule has 1 heterocycles. The summed E-state index contributed by atoms with van der Waals surface area (Å²) in [6.07, 6.45) is 0. The molecule has 0 N–H and O–H groups in total. The normalized spacial score (nSPS) is 10.9. The van der Waals surface area contributed by atoms with E-state index in [-0.39, 0.29) is 0 Å². The zero-order chi connectivity index (χ0) is 10.6. The minimum Gasteiger partial charge on any atom is -0.377 e. The van der Waals surface area contributed by atoms with Crippen LogP contribution in [0.4, 0.5) is 0 Å². The van der Waals surface area contributed by atoms with E-state index < -0.39 is 0 Å². The second kappa shape index (κ2) is 5.53. The smallest absolute Gasteiger partial charge is 0.156 e. The summed E-state index contributed by atoms with van der Waals surface area (Å²) in [6.45, 7) is 4.61. The molecule has 0 unspecified atom stereocenters. The van der Waals surface area contributed by atoms with Crippen LogP contribution in [0.15, 0.2) is 11.1 Å². The fourth-order valence-corrected chi connectivity index (χ4v) is 2.02. The van der Waals surface area contributed by atoms with Crippen LogP contribution in [-0.4, -0.2) is 22.3 Å². The first-order valence-corrected chi connectivity index (χ1v) is 5.56. The van der Waals surface area contributed by atoms with Crippen LogP contribution in [0.5, 0.6) is 0 Å². The molecule has 1 aromatic rings. The van der Waals surface area contributed by atoms with Gasteiger partial charge in [0.1, 0.15) is 16.8 Å². The molecular weight excluding hydrogens is 220 g/mol. The molecule has 0 fully saturated rings. The Hall–Kier alpha value is -0.320. The van der Waals surface area contributed by atoms with E-state index >= 15 is 0 Å². The van der Waals surface area contributed by atoms with E-state index in [4.69, 9.17) is 16.3 Å². The van der Waals surface area contributed by atoms with Crippen molar-refractivity contribution in [2.45, 2.75) is 30.7 Å². The third-order valence-electron chi connectivity index (χ3n) is 1.35.